The second-order valence-corrected chi connectivity index (χ2v) is 6.28. The van der Waals surface area contributed by atoms with Crippen LogP contribution in [0.5, 0.6) is 11.5 Å². The Morgan fingerprint density at radius 1 is 1.37 bits per heavy atom. The van der Waals surface area contributed by atoms with Crippen molar-refractivity contribution >= 4 is 45.0 Å². The molecule has 0 spiro atoms. The van der Waals surface area contributed by atoms with E-state index in [-0.39, 0.29) is 5.50 Å². The molecule has 1 atom stereocenters. The van der Waals surface area contributed by atoms with E-state index in [1.165, 1.54) is 0 Å². The van der Waals surface area contributed by atoms with Crippen LogP contribution in [-0.2, 0) is 0 Å². The van der Waals surface area contributed by atoms with E-state index in [1.54, 1.807) is 24.0 Å². The predicted molar refractivity (Wildman–Crippen MR) is 80.9 cm³/mol. The molecule has 19 heavy (non-hydrogen) atoms. The number of nitrogens with one attached hydrogen (secondary N) is 1. The number of thioether (sulfide) groups is 1. The maximum atomic E-state index is 5.84. The van der Waals surface area contributed by atoms with Crippen LogP contribution in [0.15, 0.2) is 39.8 Å². The molecule has 0 amide bonds. The number of aromatic nitrogens is 1. The Bertz CT molecular complexity index is 640. The summed E-state index contributed by atoms with van der Waals surface area (Å²) in [5.41, 5.74) is 6.73. The van der Waals surface area contributed by atoms with E-state index in [0.717, 1.165) is 16.3 Å². The SMILES string of the molecule is NC1Nc2ccc(Oc3cnc(Cl)c(Br)c3)cc2S1. The van der Waals surface area contributed by atoms with Crippen LogP contribution in [0.3, 0.4) is 0 Å². The van der Waals surface area contributed by atoms with E-state index in [2.05, 4.69) is 26.2 Å². The smallest absolute Gasteiger partial charge is 0.146 e. The second-order valence-electron chi connectivity index (χ2n) is 3.89. The minimum Gasteiger partial charge on any atom is -0.456 e. The zero-order chi connectivity index (χ0) is 13.4. The van der Waals surface area contributed by atoms with Crippen LogP contribution < -0.4 is 15.8 Å². The fourth-order valence-electron chi connectivity index (χ4n) is 1.70. The van der Waals surface area contributed by atoms with Gasteiger partial charge in [0.2, 0.25) is 0 Å². The highest BCUT2D eigenvalue weighted by Gasteiger charge is 2.18. The molecule has 1 aromatic heterocycles. The molecule has 1 aromatic carbocycles. The minimum atomic E-state index is -0.100. The van der Waals surface area contributed by atoms with E-state index < -0.39 is 0 Å². The summed E-state index contributed by atoms with van der Waals surface area (Å²) in [5, 5.41) is 3.56. The Kier molecular flexibility index (Phi) is 3.58. The molecule has 4 nitrogen and oxygen atoms in total. The van der Waals surface area contributed by atoms with Crippen LogP contribution in [0.2, 0.25) is 5.15 Å². The molecule has 98 valence electrons. The van der Waals surface area contributed by atoms with Gasteiger partial charge >= 0.3 is 0 Å². The first kappa shape index (κ1) is 13.1. The van der Waals surface area contributed by atoms with Crippen LogP contribution in [0.1, 0.15) is 0 Å². The molecule has 0 aliphatic carbocycles. The van der Waals surface area contributed by atoms with Gasteiger partial charge in [-0.1, -0.05) is 23.4 Å². The number of benzene rings is 1. The van der Waals surface area contributed by atoms with Gasteiger partial charge in [0.25, 0.3) is 0 Å². The van der Waals surface area contributed by atoms with Crippen LogP contribution in [0.25, 0.3) is 0 Å². The first-order valence-corrected chi connectivity index (χ1v) is 7.48. The van der Waals surface area contributed by atoms with Crippen molar-refractivity contribution in [3.63, 3.8) is 0 Å². The van der Waals surface area contributed by atoms with Gasteiger partial charge in [0.15, 0.2) is 0 Å². The highest BCUT2D eigenvalue weighted by molar-refractivity contribution is 9.10. The zero-order valence-electron chi connectivity index (χ0n) is 9.56. The Hall–Kier alpha value is -0.950. The molecule has 2 heterocycles. The van der Waals surface area contributed by atoms with Gasteiger partial charge in [-0.3, -0.25) is 0 Å². The molecule has 0 bridgehead atoms. The number of rotatable bonds is 2. The second kappa shape index (κ2) is 5.20. The minimum absolute atomic E-state index is 0.100. The van der Waals surface area contributed by atoms with E-state index in [4.69, 9.17) is 22.1 Å². The normalized spacial score (nSPS) is 16.9. The number of pyridine rings is 1. The van der Waals surface area contributed by atoms with Gasteiger partial charge in [-0.05, 0) is 40.2 Å². The highest BCUT2D eigenvalue weighted by atomic mass is 79.9. The lowest BCUT2D eigenvalue weighted by molar-refractivity contribution is 0.479. The molecule has 1 aliphatic heterocycles. The molecule has 3 rings (SSSR count). The van der Waals surface area contributed by atoms with Crippen LogP contribution >= 0.6 is 39.3 Å². The lowest BCUT2D eigenvalue weighted by Crippen LogP contribution is -2.20. The van der Waals surface area contributed by atoms with Gasteiger partial charge in [-0.15, -0.1) is 0 Å². The largest absolute Gasteiger partial charge is 0.456 e. The molecule has 1 unspecified atom stereocenters. The Morgan fingerprint density at radius 2 is 2.21 bits per heavy atom. The summed E-state index contributed by atoms with van der Waals surface area (Å²) in [7, 11) is 0. The summed E-state index contributed by atoms with van der Waals surface area (Å²) in [6, 6.07) is 7.55. The number of anilines is 1. The summed E-state index contributed by atoms with van der Waals surface area (Å²) >= 11 is 10.7. The van der Waals surface area contributed by atoms with Gasteiger partial charge in [-0.25, -0.2) is 4.98 Å². The average molecular weight is 359 g/mol. The van der Waals surface area contributed by atoms with Crippen LogP contribution in [0, 0.1) is 0 Å². The number of fused-ring (bicyclic) bond motifs is 1. The number of nitrogens with zero attached hydrogens (tertiary/aromatic N) is 1. The number of ether oxygens (including phenoxy) is 1. The molecule has 0 saturated carbocycles. The topological polar surface area (TPSA) is 60.2 Å². The van der Waals surface area contributed by atoms with Crippen molar-refractivity contribution in [1.29, 1.82) is 0 Å². The lowest BCUT2D eigenvalue weighted by atomic mass is 10.3. The third-order valence-electron chi connectivity index (χ3n) is 2.51. The van der Waals surface area contributed by atoms with Crippen molar-refractivity contribution < 1.29 is 4.74 Å². The molecular weight excluding hydrogens is 350 g/mol. The van der Waals surface area contributed by atoms with Crippen molar-refractivity contribution in [1.82, 2.24) is 4.98 Å². The summed E-state index contributed by atoms with van der Waals surface area (Å²) in [5.74, 6) is 1.36. The first-order valence-electron chi connectivity index (χ1n) is 5.43. The van der Waals surface area contributed by atoms with Crippen molar-refractivity contribution in [3.05, 3.63) is 40.1 Å². The molecular formula is C12H9BrClN3OS. The van der Waals surface area contributed by atoms with Crippen LogP contribution in [0.4, 0.5) is 5.69 Å². The van der Waals surface area contributed by atoms with Gasteiger partial charge in [0.1, 0.15) is 22.1 Å². The molecule has 1 aliphatic rings. The molecule has 0 saturated heterocycles. The number of halogens is 2. The van der Waals surface area contributed by atoms with Gasteiger partial charge in [0, 0.05) is 4.90 Å². The van der Waals surface area contributed by atoms with E-state index in [1.807, 2.05) is 18.2 Å². The fourth-order valence-corrected chi connectivity index (χ4v) is 3.03. The maximum Gasteiger partial charge on any atom is 0.146 e. The van der Waals surface area contributed by atoms with Crippen molar-refractivity contribution in [2.24, 2.45) is 5.73 Å². The number of nitrogens with two attached hydrogens (primary N) is 1. The van der Waals surface area contributed by atoms with E-state index in [0.29, 0.717) is 15.4 Å². The quantitative estimate of drug-likeness (QED) is 0.793. The third kappa shape index (κ3) is 2.81. The number of hydrogen-bond donors (Lipinski definition) is 2. The number of hydrogen-bond acceptors (Lipinski definition) is 5. The van der Waals surface area contributed by atoms with Crippen LogP contribution in [-0.4, -0.2) is 10.5 Å². The zero-order valence-corrected chi connectivity index (χ0v) is 12.7. The van der Waals surface area contributed by atoms with Crippen molar-refractivity contribution in [3.8, 4) is 11.5 Å². The van der Waals surface area contributed by atoms with Gasteiger partial charge in [-0.2, -0.15) is 0 Å². The average Bonchev–Trinajstić information content (AvgIpc) is 2.73. The molecule has 0 radical (unpaired) electrons. The summed E-state index contributed by atoms with van der Waals surface area (Å²) in [6.45, 7) is 0. The van der Waals surface area contributed by atoms with E-state index >= 15 is 0 Å². The summed E-state index contributed by atoms with van der Waals surface area (Å²) in [4.78, 5) is 5.09. The lowest BCUT2D eigenvalue weighted by Gasteiger charge is -2.07. The van der Waals surface area contributed by atoms with Gasteiger partial charge < -0.3 is 15.8 Å². The van der Waals surface area contributed by atoms with Crippen molar-refractivity contribution in [2.45, 2.75) is 10.4 Å². The molecule has 3 N–H and O–H groups in total. The summed E-state index contributed by atoms with van der Waals surface area (Å²) < 4.78 is 6.44. The molecule has 7 heteroatoms. The fraction of sp³-hybridized carbons (Fsp3) is 0.0833. The summed E-state index contributed by atoms with van der Waals surface area (Å²) in [6.07, 6.45) is 1.58. The predicted octanol–water partition coefficient (Wildman–Crippen LogP) is 4.05. The Balaban J connectivity index is 1.84. The molecule has 2 aromatic rings. The van der Waals surface area contributed by atoms with Gasteiger partial charge in [0.05, 0.1) is 16.4 Å². The first-order chi connectivity index (χ1) is 9.11. The molecule has 0 fully saturated rings. The monoisotopic (exact) mass is 357 g/mol. The van der Waals surface area contributed by atoms with Crippen molar-refractivity contribution in [2.75, 3.05) is 5.32 Å². The standard InChI is InChI=1S/C12H9BrClN3OS/c13-8-3-7(5-16-11(8)14)18-6-1-2-9-10(4-6)19-12(15)17-9/h1-5,12,17H,15H2. The maximum absolute atomic E-state index is 5.84. The highest BCUT2D eigenvalue weighted by Crippen LogP contribution is 2.39. The third-order valence-corrected chi connectivity index (χ3v) is 4.61. The van der Waals surface area contributed by atoms with E-state index in [9.17, 15) is 0 Å². The Morgan fingerprint density at radius 3 is 3.00 bits per heavy atom. The Labute approximate surface area is 127 Å².